The molecule has 0 amide bonds. The van der Waals surface area contributed by atoms with E-state index in [2.05, 4.69) is 13.8 Å². The van der Waals surface area contributed by atoms with Crippen LogP contribution in [0.25, 0.3) is 0 Å². The highest BCUT2D eigenvalue weighted by molar-refractivity contribution is 5.25. The van der Waals surface area contributed by atoms with E-state index < -0.39 is 0 Å². The van der Waals surface area contributed by atoms with Crippen molar-refractivity contribution in [3.63, 3.8) is 0 Å². The van der Waals surface area contributed by atoms with Crippen molar-refractivity contribution in [3.05, 3.63) is 29.8 Å². The minimum atomic E-state index is 0.330. The summed E-state index contributed by atoms with van der Waals surface area (Å²) < 4.78 is 5.68. The summed E-state index contributed by atoms with van der Waals surface area (Å²) in [5, 5.41) is 9.14. The van der Waals surface area contributed by atoms with Crippen LogP contribution in [0, 0.1) is 0 Å². The Morgan fingerprint density at radius 3 is 2.56 bits per heavy atom. The van der Waals surface area contributed by atoms with Crippen molar-refractivity contribution in [2.45, 2.75) is 45.6 Å². The molecular weight excluding hydrogens is 200 g/mol. The summed E-state index contributed by atoms with van der Waals surface area (Å²) in [6.45, 7) is 5.13. The van der Waals surface area contributed by atoms with Crippen LogP contribution in [0.1, 0.15) is 38.7 Å². The zero-order valence-corrected chi connectivity index (χ0v) is 10.3. The van der Waals surface area contributed by atoms with Crippen molar-refractivity contribution in [1.29, 1.82) is 0 Å². The molecule has 2 nitrogen and oxygen atoms in total. The maximum atomic E-state index is 9.14. The smallest absolute Gasteiger partial charge is 0.115 e. The second-order valence-corrected chi connectivity index (χ2v) is 4.24. The van der Waals surface area contributed by atoms with Gasteiger partial charge in [0, 0.05) is 6.61 Å². The second kappa shape index (κ2) is 7.29. The van der Waals surface area contributed by atoms with Crippen molar-refractivity contribution in [2.24, 2.45) is 0 Å². The predicted molar refractivity (Wildman–Crippen MR) is 66.7 cm³/mol. The van der Waals surface area contributed by atoms with Crippen LogP contribution in [0.3, 0.4) is 0 Å². The van der Waals surface area contributed by atoms with Gasteiger partial charge in [0.1, 0.15) is 5.75 Å². The van der Waals surface area contributed by atoms with E-state index in [1.54, 1.807) is 12.1 Å². The molecule has 0 saturated heterocycles. The van der Waals surface area contributed by atoms with Crippen LogP contribution >= 0.6 is 0 Å². The summed E-state index contributed by atoms with van der Waals surface area (Å²) in [5.74, 6) is 0.330. The predicted octanol–water partition coefficient (Wildman–Crippen LogP) is 3.53. The van der Waals surface area contributed by atoms with Gasteiger partial charge in [0.15, 0.2) is 0 Å². The molecule has 0 bridgehead atoms. The molecule has 16 heavy (non-hydrogen) atoms. The molecule has 2 heteroatoms. The Morgan fingerprint density at radius 2 is 1.94 bits per heavy atom. The second-order valence-electron chi connectivity index (χ2n) is 4.24. The van der Waals surface area contributed by atoms with E-state index >= 15 is 0 Å². The van der Waals surface area contributed by atoms with Crippen molar-refractivity contribution in [3.8, 4) is 5.75 Å². The van der Waals surface area contributed by atoms with Gasteiger partial charge in [-0.15, -0.1) is 0 Å². The third-order valence-electron chi connectivity index (χ3n) is 2.64. The minimum Gasteiger partial charge on any atom is -0.508 e. The van der Waals surface area contributed by atoms with Gasteiger partial charge in [-0.2, -0.15) is 0 Å². The first kappa shape index (κ1) is 13.0. The van der Waals surface area contributed by atoms with Gasteiger partial charge < -0.3 is 9.84 Å². The molecule has 1 aromatic carbocycles. The summed E-state index contributed by atoms with van der Waals surface area (Å²) in [7, 11) is 0. The molecule has 0 radical (unpaired) electrons. The molecule has 1 aromatic rings. The summed E-state index contributed by atoms with van der Waals surface area (Å²) in [6, 6.07) is 7.39. The molecule has 1 N–H and O–H groups in total. The van der Waals surface area contributed by atoms with Gasteiger partial charge >= 0.3 is 0 Å². The standard InChI is InChI=1S/C14H22O2/c1-3-5-12(2)16-11-4-6-13-7-9-14(15)10-8-13/h7-10,12,15H,3-6,11H2,1-2H3. The largest absolute Gasteiger partial charge is 0.508 e. The molecule has 0 aromatic heterocycles. The molecule has 0 heterocycles. The first-order valence-electron chi connectivity index (χ1n) is 6.12. The fourth-order valence-corrected chi connectivity index (χ4v) is 1.71. The Hall–Kier alpha value is -1.02. The van der Waals surface area contributed by atoms with E-state index in [4.69, 9.17) is 9.84 Å². The Bertz CT molecular complexity index is 279. The lowest BCUT2D eigenvalue weighted by Gasteiger charge is -2.11. The minimum absolute atomic E-state index is 0.330. The molecular formula is C14H22O2. The normalized spacial score (nSPS) is 12.6. The number of ether oxygens (including phenoxy) is 1. The topological polar surface area (TPSA) is 29.5 Å². The molecule has 0 aliphatic carbocycles. The summed E-state index contributed by atoms with van der Waals surface area (Å²) in [6.07, 6.45) is 4.75. The Kier molecular flexibility index (Phi) is 5.94. The first-order chi connectivity index (χ1) is 7.72. The van der Waals surface area contributed by atoms with E-state index in [0.29, 0.717) is 11.9 Å². The number of rotatable bonds is 7. The van der Waals surface area contributed by atoms with Gasteiger partial charge in [-0.1, -0.05) is 25.5 Å². The lowest BCUT2D eigenvalue weighted by Crippen LogP contribution is -2.09. The van der Waals surface area contributed by atoms with E-state index in [9.17, 15) is 0 Å². The SMILES string of the molecule is CCCC(C)OCCCc1ccc(O)cc1. The number of aryl methyl sites for hydroxylation is 1. The first-order valence-corrected chi connectivity index (χ1v) is 6.12. The van der Waals surface area contributed by atoms with E-state index in [1.807, 2.05) is 12.1 Å². The van der Waals surface area contributed by atoms with Crippen LogP contribution < -0.4 is 0 Å². The molecule has 0 saturated carbocycles. The Balaban J connectivity index is 2.13. The van der Waals surface area contributed by atoms with E-state index in [1.165, 1.54) is 12.0 Å². The molecule has 1 atom stereocenters. The molecule has 0 spiro atoms. The highest BCUT2D eigenvalue weighted by atomic mass is 16.5. The number of benzene rings is 1. The third kappa shape index (κ3) is 5.17. The van der Waals surface area contributed by atoms with Crippen molar-refractivity contribution in [2.75, 3.05) is 6.61 Å². The molecule has 90 valence electrons. The van der Waals surface area contributed by atoms with Crippen molar-refractivity contribution >= 4 is 0 Å². The summed E-state index contributed by atoms with van der Waals surface area (Å²) in [4.78, 5) is 0. The zero-order chi connectivity index (χ0) is 11.8. The fraction of sp³-hybridized carbons (Fsp3) is 0.571. The Morgan fingerprint density at radius 1 is 1.25 bits per heavy atom. The number of phenolic OH excluding ortho intramolecular Hbond substituents is 1. The molecule has 1 unspecified atom stereocenters. The fourth-order valence-electron chi connectivity index (χ4n) is 1.71. The number of aromatic hydroxyl groups is 1. The average molecular weight is 222 g/mol. The lowest BCUT2D eigenvalue weighted by molar-refractivity contribution is 0.0583. The van der Waals surface area contributed by atoms with Gasteiger partial charge in [0.05, 0.1) is 6.10 Å². The quantitative estimate of drug-likeness (QED) is 0.715. The summed E-state index contributed by atoms with van der Waals surface area (Å²) in [5.41, 5.74) is 1.25. The lowest BCUT2D eigenvalue weighted by atomic mass is 10.1. The van der Waals surface area contributed by atoms with Gasteiger partial charge in [-0.3, -0.25) is 0 Å². The molecule has 0 fully saturated rings. The van der Waals surface area contributed by atoms with Gasteiger partial charge in [0.2, 0.25) is 0 Å². The van der Waals surface area contributed by atoms with Gasteiger partial charge in [-0.05, 0) is 43.9 Å². The molecule has 0 aliphatic rings. The highest BCUT2D eigenvalue weighted by Crippen LogP contribution is 2.11. The third-order valence-corrected chi connectivity index (χ3v) is 2.64. The highest BCUT2D eigenvalue weighted by Gasteiger charge is 2.00. The zero-order valence-electron chi connectivity index (χ0n) is 10.3. The van der Waals surface area contributed by atoms with Crippen LogP contribution in [0.4, 0.5) is 0 Å². The van der Waals surface area contributed by atoms with Gasteiger partial charge in [-0.25, -0.2) is 0 Å². The molecule has 1 rings (SSSR count). The molecule has 0 aliphatic heterocycles. The van der Waals surface area contributed by atoms with Crippen LogP contribution in [-0.2, 0) is 11.2 Å². The number of phenols is 1. The monoisotopic (exact) mass is 222 g/mol. The van der Waals surface area contributed by atoms with Gasteiger partial charge in [0.25, 0.3) is 0 Å². The van der Waals surface area contributed by atoms with Crippen LogP contribution in [0.5, 0.6) is 5.75 Å². The average Bonchev–Trinajstić information content (AvgIpc) is 2.27. The van der Waals surface area contributed by atoms with Crippen LogP contribution in [-0.4, -0.2) is 17.8 Å². The maximum Gasteiger partial charge on any atom is 0.115 e. The number of hydrogen-bond donors (Lipinski definition) is 1. The Labute approximate surface area is 98.3 Å². The van der Waals surface area contributed by atoms with E-state index in [0.717, 1.165) is 25.9 Å². The maximum absolute atomic E-state index is 9.14. The number of hydrogen-bond acceptors (Lipinski definition) is 2. The summed E-state index contributed by atoms with van der Waals surface area (Å²) >= 11 is 0. The van der Waals surface area contributed by atoms with Crippen molar-refractivity contribution in [1.82, 2.24) is 0 Å². The van der Waals surface area contributed by atoms with Crippen LogP contribution in [0.2, 0.25) is 0 Å². The van der Waals surface area contributed by atoms with Crippen molar-refractivity contribution < 1.29 is 9.84 Å². The van der Waals surface area contributed by atoms with E-state index in [-0.39, 0.29) is 0 Å². The van der Waals surface area contributed by atoms with Crippen LogP contribution in [0.15, 0.2) is 24.3 Å².